The van der Waals surface area contributed by atoms with Gasteiger partial charge in [-0.2, -0.15) is 0 Å². The molecular formula is C55H60N3OPt-. The maximum Gasteiger partial charge on any atom is 0.148 e. The number of para-hydroxylation sites is 2. The molecule has 8 rings (SSSR count). The molecule has 5 heteroatoms. The van der Waals surface area contributed by atoms with Crippen LogP contribution in [-0.2, 0) is 26.5 Å². The van der Waals surface area contributed by atoms with Crippen molar-refractivity contribution in [1.82, 2.24) is 14.5 Å². The van der Waals surface area contributed by atoms with Crippen LogP contribution in [0.3, 0.4) is 0 Å². The first kappa shape index (κ1) is 38.2. The minimum absolute atomic E-state index is 0. The molecule has 0 saturated heterocycles. The second kappa shape index (κ2) is 16.9. The molecular weight excluding hydrogens is 914 g/mol. The monoisotopic (exact) mass is 977 g/mol. The summed E-state index contributed by atoms with van der Waals surface area (Å²) in [6, 6.07) is 39.7. The summed E-state index contributed by atoms with van der Waals surface area (Å²) in [5.41, 5.74) is 11.2. The van der Waals surface area contributed by atoms with Gasteiger partial charge in [-0.25, -0.2) is 4.98 Å². The van der Waals surface area contributed by atoms with E-state index in [0.29, 0.717) is 34.0 Å². The summed E-state index contributed by atoms with van der Waals surface area (Å²) >= 11 is 0. The summed E-state index contributed by atoms with van der Waals surface area (Å²) in [7, 11) is 0. The molecule has 1 fully saturated rings. The van der Waals surface area contributed by atoms with Gasteiger partial charge in [-0.3, -0.25) is 9.55 Å². The second-order valence-electron chi connectivity index (χ2n) is 19.2. The van der Waals surface area contributed by atoms with Gasteiger partial charge < -0.3 is 5.11 Å². The number of fused-ring (bicyclic) bond motifs is 1. The molecule has 5 aromatic carbocycles. The van der Waals surface area contributed by atoms with Crippen LogP contribution in [0, 0.1) is 43.0 Å². The third-order valence-corrected chi connectivity index (χ3v) is 12.8. The molecule has 2 heterocycles. The topological polar surface area (TPSA) is 50.9 Å². The Morgan fingerprint density at radius 3 is 2.23 bits per heavy atom. The number of phenols is 1. The molecule has 3 atom stereocenters. The Bertz CT molecular complexity index is 2780. The summed E-state index contributed by atoms with van der Waals surface area (Å²) < 4.78 is 37.9. The number of aromatic nitrogens is 3. The molecule has 7 aromatic rings. The van der Waals surface area contributed by atoms with E-state index in [1.165, 1.54) is 5.56 Å². The van der Waals surface area contributed by atoms with Crippen LogP contribution in [0.4, 0.5) is 0 Å². The maximum absolute atomic E-state index is 11.4. The maximum atomic E-state index is 11.4. The number of imidazole rings is 1. The van der Waals surface area contributed by atoms with E-state index in [9.17, 15) is 5.11 Å². The molecule has 312 valence electrons. The molecule has 2 aromatic heterocycles. The molecule has 4 nitrogen and oxygen atoms in total. The van der Waals surface area contributed by atoms with Crippen molar-refractivity contribution in [2.75, 3.05) is 0 Å². The number of pyridine rings is 1. The molecule has 60 heavy (non-hydrogen) atoms. The fourth-order valence-corrected chi connectivity index (χ4v) is 8.97. The van der Waals surface area contributed by atoms with Crippen LogP contribution in [0.15, 0.2) is 115 Å². The minimum atomic E-state index is -2.47. The van der Waals surface area contributed by atoms with Crippen molar-refractivity contribution >= 4 is 11.0 Å². The van der Waals surface area contributed by atoms with Gasteiger partial charge in [0.15, 0.2) is 0 Å². The fraction of sp³-hybridized carbons (Fsp3) is 0.345. The average Bonchev–Trinajstić information content (AvgIpc) is 3.62. The third kappa shape index (κ3) is 8.69. The van der Waals surface area contributed by atoms with Gasteiger partial charge >= 0.3 is 0 Å². The van der Waals surface area contributed by atoms with E-state index in [2.05, 4.69) is 103 Å². The van der Waals surface area contributed by atoms with E-state index in [1.54, 1.807) is 12.1 Å². The zero-order valence-electron chi connectivity index (χ0n) is 40.4. The van der Waals surface area contributed by atoms with E-state index >= 15 is 0 Å². The number of benzene rings is 5. The smallest absolute Gasteiger partial charge is 0.148 e. The van der Waals surface area contributed by atoms with Crippen molar-refractivity contribution in [3.63, 3.8) is 0 Å². The molecule has 3 unspecified atom stereocenters. The Labute approximate surface area is 378 Å². The predicted octanol–water partition coefficient (Wildman–Crippen LogP) is 14.7. The van der Waals surface area contributed by atoms with Crippen molar-refractivity contribution in [3.05, 3.63) is 144 Å². The first-order valence-electron chi connectivity index (χ1n) is 23.1. The minimum Gasteiger partial charge on any atom is -0.507 e. The number of hydrogen-bond donors (Lipinski definition) is 1. The molecule has 1 saturated carbocycles. The molecule has 0 radical (unpaired) electrons. The number of aromatic hydroxyl groups is 1. The van der Waals surface area contributed by atoms with Crippen LogP contribution in [0.1, 0.15) is 108 Å². The average molecular weight is 978 g/mol. The summed E-state index contributed by atoms with van der Waals surface area (Å²) in [4.78, 5) is 10.2. The largest absolute Gasteiger partial charge is 0.507 e. The Morgan fingerprint density at radius 2 is 1.53 bits per heavy atom. The van der Waals surface area contributed by atoms with Gasteiger partial charge in [0.05, 0.1) is 22.3 Å². The quantitative estimate of drug-likeness (QED) is 0.162. The van der Waals surface area contributed by atoms with Gasteiger partial charge in [-0.1, -0.05) is 139 Å². The summed E-state index contributed by atoms with van der Waals surface area (Å²) in [6.07, 6.45) is 4.61. The molecule has 0 amide bonds. The van der Waals surface area contributed by atoms with Gasteiger partial charge in [0, 0.05) is 38.4 Å². The van der Waals surface area contributed by atoms with Crippen molar-refractivity contribution in [2.45, 2.75) is 99.8 Å². The number of hydrogen-bond acceptors (Lipinski definition) is 3. The van der Waals surface area contributed by atoms with Gasteiger partial charge in [0.2, 0.25) is 0 Å². The standard InChI is InChI=1S/C55H60N3O.Pt/c1-34(2)40-27-41(30-44(29-40)54(5,6)7)38-22-23-49(36(4)26-38)58-50-16-13-15-46(52(50)57-53(58)47-14-11-12-17-51(47)59)42-28-43(32-45(31-42)55(8,9)10)48-33-39(24-25-56-48)37-20-18-35(3)19-21-37;/h11-26,31-34,40-41,44,59H,27,29-30H2,1-10H3;/q-1;/i4D3,34D;. The van der Waals surface area contributed by atoms with Crippen LogP contribution in [0.25, 0.3) is 61.6 Å². The second-order valence-corrected chi connectivity index (χ2v) is 19.2. The molecule has 0 aliphatic heterocycles. The van der Waals surface area contributed by atoms with Crippen molar-refractivity contribution in [1.29, 1.82) is 0 Å². The van der Waals surface area contributed by atoms with Crippen LogP contribution < -0.4 is 0 Å². The first-order chi connectivity index (χ1) is 29.6. The van der Waals surface area contributed by atoms with Crippen LogP contribution in [0.5, 0.6) is 5.75 Å². The molecule has 1 aliphatic rings. The van der Waals surface area contributed by atoms with Crippen molar-refractivity contribution in [2.24, 2.45) is 23.1 Å². The van der Waals surface area contributed by atoms with E-state index in [4.69, 9.17) is 15.5 Å². The van der Waals surface area contributed by atoms with Crippen LogP contribution >= 0.6 is 0 Å². The van der Waals surface area contributed by atoms with Crippen molar-refractivity contribution < 1.29 is 31.7 Å². The van der Waals surface area contributed by atoms with Crippen molar-refractivity contribution in [3.8, 4) is 56.3 Å². The summed E-state index contributed by atoms with van der Waals surface area (Å²) in [5, 5.41) is 11.4. The number of nitrogens with zero attached hydrogens (tertiary/aromatic N) is 3. The third-order valence-electron chi connectivity index (χ3n) is 12.8. The predicted molar refractivity (Wildman–Crippen MR) is 247 cm³/mol. The van der Waals surface area contributed by atoms with Crippen LogP contribution in [0.2, 0.25) is 0 Å². The number of aryl methyl sites for hydroxylation is 2. The molecule has 0 bridgehead atoms. The zero-order chi connectivity index (χ0) is 45.2. The number of phenolic OH excluding ortho intramolecular Hbond substituents is 1. The van der Waals surface area contributed by atoms with E-state index < -0.39 is 12.7 Å². The Hall–Kier alpha value is -4.79. The number of rotatable bonds is 7. The Kier molecular flexibility index (Phi) is 10.8. The first-order valence-corrected chi connectivity index (χ1v) is 21.1. The molecule has 1 aliphatic carbocycles. The van der Waals surface area contributed by atoms with Gasteiger partial charge in [0.1, 0.15) is 11.6 Å². The summed E-state index contributed by atoms with van der Waals surface area (Å²) in [6.45, 7) is 17.1. The summed E-state index contributed by atoms with van der Waals surface area (Å²) in [5.74, 6) is 0.569. The zero-order valence-corrected chi connectivity index (χ0v) is 38.7. The van der Waals surface area contributed by atoms with Gasteiger partial charge in [-0.15, -0.1) is 29.3 Å². The fourth-order valence-electron chi connectivity index (χ4n) is 8.97. The van der Waals surface area contributed by atoms with Gasteiger partial charge in [0.25, 0.3) is 0 Å². The van der Waals surface area contributed by atoms with E-state index in [0.717, 1.165) is 63.9 Å². The molecule has 0 spiro atoms. The normalized spacial score (nSPS) is 18.6. The van der Waals surface area contributed by atoms with Gasteiger partial charge in [-0.05, 0) is 120 Å². The van der Waals surface area contributed by atoms with E-state index in [1.807, 2.05) is 73.1 Å². The SMILES string of the molecule is [2H]C([2H])([2H])c1cc(C2CC(C([2H])(C)C)CC(C(C)(C)C)C2)ccc1-n1c(-c2ccccc2O)nc2c(-c3[c-]c(-c4cc(-c5ccc(C)cc5)ccn4)cc(C(C)(C)C)c3)cccc21.[Pt]. The Morgan fingerprint density at radius 1 is 0.800 bits per heavy atom. The van der Waals surface area contributed by atoms with Crippen LogP contribution in [-0.4, -0.2) is 19.6 Å². The van der Waals surface area contributed by atoms with E-state index in [-0.39, 0.29) is 55.0 Å². The molecule has 1 N–H and O–H groups in total. The Balaban J connectivity index is 0.00000612.